The third kappa shape index (κ3) is 5.46. The van der Waals surface area contributed by atoms with E-state index in [0.29, 0.717) is 12.1 Å². The molecule has 0 heterocycles. The van der Waals surface area contributed by atoms with E-state index in [4.69, 9.17) is 4.74 Å². The maximum absolute atomic E-state index is 12.0. The van der Waals surface area contributed by atoms with E-state index in [1.165, 1.54) is 5.56 Å². The Bertz CT molecular complexity index is 759. The molecule has 0 aromatic heterocycles. The van der Waals surface area contributed by atoms with Gasteiger partial charge in [0.25, 0.3) is 5.91 Å². The summed E-state index contributed by atoms with van der Waals surface area (Å²) in [6.45, 7) is 4.60. The van der Waals surface area contributed by atoms with Gasteiger partial charge in [0.2, 0.25) is 0 Å². The molecule has 0 atom stereocenters. The molecule has 118 valence electrons. The third-order valence-corrected chi connectivity index (χ3v) is 3.83. The van der Waals surface area contributed by atoms with Crippen LogP contribution in [0.5, 0.6) is 5.75 Å². The predicted molar refractivity (Wildman–Crippen MR) is 95.7 cm³/mol. The van der Waals surface area contributed by atoms with E-state index in [9.17, 15) is 4.79 Å². The molecule has 0 spiro atoms. The van der Waals surface area contributed by atoms with Crippen LogP contribution in [0.3, 0.4) is 0 Å². The third-order valence-electron chi connectivity index (χ3n) is 3.34. The van der Waals surface area contributed by atoms with Crippen LogP contribution >= 0.6 is 15.9 Å². The van der Waals surface area contributed by atoms with Gasteiger partial charge in [-0.05, 0) is 55.3 Å². The first kappa shape index (κ1) is 17.1. The Kier molecular flexibility index (Phi) is 6.25. The minimum atomic E-state index is -0.115. The maximum atomic E-state index is 12.0. The van der Waals surface area contributed by atoms with Gasteiger partial charge < -0.3 is 10.1 Å². The zero-order valence-electron chi connectivity index (χ0n) is 13.2. The zero-order chi connectivity index (χ0) is 16.7. The lowest BCUT2D eigenvalue weighted by molar-refractivity contribution is 0.0958. The molecule has 2 aromatic rings. The number of rotatable bonds is 4. The van der Waals surface area contributed by atoms with Gasteiger partial charge in [-0.3, -0.25) is 4.79 Å². The lowest BCUT2D eigenvalue weighted by Gasteiger charge is -2.04. The van der Waals surface area contributed by atoms with E-state index in [-0.39, 0.29) is 12.5 Å². The van der Waals surface area contributed by atoms with E-state index in [0.717, 1.165) is 15.8 Å². The first-order valence-corrected chi connectivity index (χ1v) is 8.05. The number of carbonyl (C=O) groups excluding carboxylic acids is 1. The highest BCUT2D eigenvalue weighted by Crippen LogP contribution is 2.17. The van der Waals surface area contributed by atoms with Crippen LogP contribution in [0.15, 0.2) is 46.9 Å². The van der Waals surface area contributed by atoms with E-state index >= 15 is 0 Å². The number of nitrogens with one attached hydrogen (secondary N) is 1. The van der Waals surface area contributed by atoms with Gasteiger partial charge in [0.1, 0.15) is 12.4 Å². The van der Waals surface area contributed by atoms with Gasteiger partial charge in [0.15, 0.2) is 0 Å². The summed E-state index contributed by atoms with van der Waals surface area (Å²) in [5.41, 5.74) is 2.93. The van der Waals surface area contributed by atoms with Crippen molar-refractivity contribution in [2.24, 2.45) is 0 Å². The quantitative estimate of drug-likeness (QED) is 0.828. The molecule has 0 aliphatic rings. The van der Waals surface area contributed by atoms with E-state index in [2.05, 4.69) is 33.1 Å². The average molecular weight is 372 g/mol. The molecule has 0 fully saturated rings. The first-order chi connectivity index (χ1) is 11.1. The lowest BCUT2D eigenvalue weighted by Crippen LogP contribution is -2.23. The van der Waals surface area contributed by atoms with E-state index in [1.54, 1.807) is 0 Å². The summed E-state index contributed by atoms with van der Waals surface area (Å²) < 4.78 is 6.45. The van der Waals surface area contributed by atoms with Gasteiger partial charge in [0, 0.05) is 10.0 Å². The van der Waals surface area contributed by atoms with Crippen molar-refractivity contribution in [2.45, 2.75) is 13.8 Å². The highest BCUT2D eigenvalue weighted by atomic mass is 79.9. The molecule has 0 saturated heterocycles. The van der Waals surface area contributed by atoms with Crippen LogP contribution in [0.25, 0.3) is 0 Å². The Morgan fingerprint density at radius 1 is 1.13 bits per heavy atom. The molecular formula is C19H18BrNO2. The molecule has 1 N–H and O–H groups in total. The smallest absolute Gasteiger partial charge is 0.252 e. The van der Waals surface area contributed by atoms with Crippen molar-refractivity contribution in [1.29, 1.82) is 0 Å². The van der Waals surface area contributed by atoms with Crippen LogP contribution < -0.4 is 10.1 Å². The van der Waals surface area contributed by atoms with Crippen molar-refractivity contribution >= 4 is 21.8 Å². The summed E-state index contributed by atoms with van der Waals surface area (Å²) in [5.74, 6) is 6.40. The number of aryl methyl sites for hydroxylation is 2. The molecule has 0 unspecified atom stereocenters. The molecule has 2 rings (SSSR count). The molecule has 2 aromatic carbocycles. The first-order valence-electron chi connectivity index (χ1n) is 7.26. The summed E-state index contributed by atoms with van der Waals surface area (Å²) in [7, 11) is 0. The van der Waals surface area contributed by atoms with Crippen molar-refractivity contribution in [2.75, 3.05) is 13.2 Å². The largest absolute Gasteiger partial charge is 0.481 e. The highest BCUT2D eigenvalue weighted by molar-refractivity contribution is 9.10. The van der Waals surface area contributed by atoms with Crippen LogP contribution in [0.1, 0.15) is 21.5 Å². The van der Waals surface area contributed by atoms with Gasteiger partial charge >= 0.3 is 0 Å². The average Bonchev–Trinajstić information content (AvgIpc) is 2.53. The number of amides is 1. The fourth-order valence-corrected chi connectivity index (χ4v) is 2.28. The van der Waals surface area contributed by atoms with Crippen LogP contribution in [-0.2, 0) is 0 Å². The van der Waals surface area contributed by atoms with Crippen LogP contribution in [-0.4, -0.2) is 19.1 Å². The molecule has 0 radical (unpaired) electrons. The Morgan fingerprint density at radius 2 is 1.96 bits per heavy atom. The number of carbonyl (C=O) groups is 1. The molecule has 0 aliphatic heterocycles. The summed E-state index contributed by atoms with van der Waals surface area (Å²) in [6.07, 6.45) is 0. The fraction of sp³-hybridized carbons (Fsp3) is 0.211. The van der Waals surface area contributed by atoms with Gasteiger partial charge in [-0.25, -0.2) is 0 Å². The molecule has 3 nitrogen and oxygen atoms in total. The van der Waals surface area contributed by atoms with E-state index < -0.39 is 0 Å². The van der Waals surface area contributed by atoms with Crippen molar-refractivity contribution in [3.05, 3.63) is 63.6 Å². The minimum absolute atomic E-state index is 0.115. The number of benzene rings is 2. The Balaban J connectivity index is 1.76. The summed E-state index contributed by atoms with van der Waals surface area (Å²) >= 11 is 3.38. The molecule has 0 bridgehead atoms. The SMILES string of the molecule is Cc1ccc(C(=O)NCC#CCOc2cccc(Br)c2)cc1C. The summed E-state index contributed by atoms with van der Waals surface area (Å²) in [6, 6.07) is 13.2. The van der Waals surface area contributed by atoms with Crippen LogP contribution in [0.2, 0.25) is 0 Å². The van der Waals surface area contributed by atoms with Crippen molar-refractivity contribution < 1.29 is 9.53 Å². The molecule has 23 heavy (non-hydrogen) atoms. The standard InChI is InChI=1S/C19H18BrNO2/c1-14-8-9-16(12-15(14)2)19(22)21-10-3-4-11-23-18-7-5-6-17(20)13-18/h5-9,12-13H,10-11H2,1-2H3,(H,21,22). The normalized spacial score (nSPS) is 9.70. The Labute approximate surface area is 145 Å². The molecule has 1 amide bonds. The van der Waals surface area contributed by atoms with E-state index in [1.807, 2.05) is 56.3 Å². The second-order valence-corrected chi connectivity index (χ2v) is 6.00. The number of hydrogen-bond acceptors (Lipinski definition) is 2. The molecular weight excluding hydrogens is 354 g/mol. The van der Waals surface area contributed by atoms with Crippen molar-refractivity contribution in [3.8, 4) is 17.6 Å². The van der Waals surface area contributed by atoms with Gasteiger partial charge in [-0.1, -0.05) is 39.9 Å². The van der Waals surface area contributed by atoms with Crippen LogP contribution in [0, 0.1) is 25.7 Å². The number of hydrogen-bond donors (Lipinski definition) is 1. The van der Waals surface area contributed by atoms with Gasteiger partial charge in [0.05, 0.1) is 6.54 Å². The Morgan fingerprint density at radius 3 is 2.70 bits per heavy atom. The van der Waals surface area contributed by atoms with Crippen LogP contribution in [0.4, 0.5) is 0 Å². The fourth-order valence-electron chi connectivity index (χ4n) is 1.90. The monoisotopic (exact) mass is 371 g/mol. The predicted octanol–water partition coefficient (Wildman–Crippen LogP) is 3.88. The Hall–Kier alpha value is -2.25. The maximum Gasteiger partial charge on any atom is 0.252 e. The minimum Gasteiger partial charge on any atom is -0.481 e. The lowest BCUT2D eigenvalue weighted by atomic mass is 10.1. The highest BCUT2D eigenvalue weighted by Gasteiger charge is 2.04. The molecule has 4 heteroatoms. The summed E-state index contributed by atoms with van der Waals surface area (Å²) in [5, 5.41) is 2.78. The van der Waals surface area contributed by atoms with Crippen molar-refractivity contribution in [3.63, 3.8) is 0 Å². The number of halogens is 1. The number of ether oxygens (including phenoxy) is 1. The van der Waals surface area contributed by atoms with Gasteiger partial charge in [-0.15, -0.1) is 0 Å². The molecule has 0 aliphatic carbocycles. The second kappa shape index (κ2) is 8.40. The second-order valence-electron chi connectivity index (χ2n) is 5.08. The van der Waals surface area contributed by atoms with Crippen molar-refractivity contribution in [1.82, 2.24) is 5.32 Å². The topological polar surface area (TPSA) is 38.3 Å². The zero-order valence-corrected chi connectivity index (χ0v) is 14.7. The van der Waals surface area contributed by atoms with Gasteiger partial charge in [-0.2, -0.15) is 0 Å². The molecule has 0 saturated carbocycles. The summed E-state index contributed by atoms with van der Waals surface area (Å²) in [4.78, 5) is 12.0.